The van der Waals surface area contributed by atoms with Gasteiger partial charge in [-0.1, -0.05) is 42.1 Å². The van der Waals surface area contributed by atoms with Gasteiger partial charge in [0, 0.05) is 17.9 Å². The number of hydrogen-bond acceptors (Lipinski definition) is 6. The zero-order chi connectivity index (χ0) is 18.9. The number of nitrogens with one attached hydrogen (secondary N) is 1. The van der Waals surface area contributed by atoms with Gasteiger partial charge in [-0.25, -0.2) is 9.97 Å². The fraction of sp³-hybridized carbons (Fsp3) is 0.368. The van der Waals surface area contributed by atoms with Gasteiger partial charge in [0.25, 0.3) is 5.91 Å². The van der Waals surface area contributed by atoms with E-state index in [1.54, 1.807) is 6.92 Å². The molecule has 1 heterocycles. The first-order chi connectivity index (χ1) is 12.4. The van der Waals surface area contributed by atoms with Crippen molar-refractivity contribution in [2.75, 3.05) is 12.3 Å². The van der Waals surface area contributed by atoms with Crippen molar-refractivity contribution in [3.05, 3.63) is 53.3 Å². The second kappa shape index (κ2) is 9.91. The number of ether oxygens (including phenoxy) is 1. The lowest BCUT2D eigenvalue weighted by Crippen LogP contribution is -2.37. The van der Waals surface area contributed by atoms with Crippen LogP contribution in [0.2, 0.25) is 0 Å². The van der Waals surface area contributed by atoms with E-state index in [1.807, 2.05) is 50.2 Å². The van der Waals surface area contributed by atoms with Crippen LogP contribution >= 0.6 is 11.8 Å². The highest BCUT2D eigenvalue weighted by atomic mass is 32.2. The summed E-state index contributed by atoms with van der Waals surface area (Å²) in [6, 6.07) is 11.7. The Morgan fingerprint density at radius 2 is 1.81 bits per heavy atom. The molecular weight excluding hydrogens is 350 g/mol. The highest BCUT2D eigenvalue weighted by Gasteiger charge is 2.17. The minimum absolute atomic E-state index is 0.0600. The summed E-state index contributed by atoms with van der Waals surface area (Å²) in [7, 11) is 0. The molecule has 0 bridgehead atoms. The lowest BCUT2D eigenvalue weighted by atomic mass is 10.1. The molecule has 138 valence electrons. The van der Waals surface area contributed by atoms with E-state index in [9.17, 15) is 9.59 Å². The van der Waals surface area contributed by atoms with E-state index in [1.165, 1.54) is 11.8 Å². The van der Waals surface area contributed by atoms with Crippen LogP contribution in [0.4, 0.5) is 0 Å². The van der Waals surface area contributed by atoms with Crippen molar-refractivity contribution in [2.45, 2.75) is 38.5 Å². The summed E-state index contributed by atoms with van der Waals surface area (Å²) in [5.74, 6) is -0.713. The smallest absolute Gasteiger partial charge is 0.317 e. The van der Waals surface area contributed by atoms with Crippen molar-refractivity contribution in [3.8, 4) is 0 Å². The first-order valence-corrected chi connectivity index (χ1v) is 9.39. The molecule has 1 aromatic carbocycles. The van der Waals surface area contributed by atoms with Gasteiger partial charge in [0.05, 0.1) is 5.75 Å². The van der Waals surface area contributed by atoms with Crippen molar-refractivity contribution in [3.63, 3.8) is 0 Å². The molecule has 2 rings (SSSR count). The largest absolute Gasteiger partial charge is 0.452 e. The summed E-state index contributed by atoms with van der Waals surface area (Å²) >= 11 is 1.20. The van der Waals surface area contributed by atoms with Gasteiger partial charge in [0.15, 0.2) is 11.3 Å². The fourth-order valence-electron chi connectivity index (χ4n) is 2.28. The van der Waals surface area contributed by atoms with Crippen LogP contribution in [0.1, 0.15) is 23.9 Å². The molecule has 0 aliphatic heterocycles. The van der Waals surface area contributed by atoms with Crippen molar-refractivity contribution < 1.29 is 14.3 Å². The Labute approximate surface area is 157 Å². The Balaban J connectivity index is 1.71. The number of carbonyl (C=O) groups excluding carboxylic acids is 2. The minimum Gasteiger partial charge on any atom is -0.452 e. The van der Waals surface area contributed by atoms with Crippen LogP contribution in [0, 0.1) is 13.8 Å². The van der Waals surface area contributed by atoms with Gasteiger partial charge in [-0.3, -0.25) is 9.59 Å². The summed E-state index contributed by atoms with van der Waals surface area (Å²) in [6.45, 7) is 5.81. The number of benzene rings is 1. The number of carbonyl (C=O) groups is 2. The van der Waals surface area contributed by atoms with E-state index in [0.29, 0.717) is 11.7 Å². The number of thioether (sulfide) groups is 1. The molecule has 0 radical (unpaired) electrons. The predicted molar refractivity (Wildman–Crippen MR) is 101 cm³/mol. The van der Waals surface area contributed by atoms with Crippen molar-refractivity contribution in [1.82, 2.24) is 15.3 Å². The van der Waals surface area contributed by atoms with E-state index in [4.69, 9.17) is 4.74 Å². The number of rotatable bonds is 8. The topological polar surface area (TPSA) is 81.2 Å². The van der Waals surface area contributed by atoms with Crippen LogP contribution < -0.4 is 5.32 Å². The molecule has 1 atom stereocenters. The van der Waals surface area contributed by atoms with E-state index in [-0.39, 0.29) is 11.7 Å². The zero-order valence-electron chi connectivity index (χ0n) is 15.2. The second-order valence-electron chi connectivity index (χ2n) is 5.88. The average Bonchev–Trinajstić information content (AvgIpc) is 2.60. The molecule has 1 N–H and O–H groups in total. The Hall–Kier alpha value is -2.41. The SMILES string of the molecule is Cc1cc(C)nc(SCC(=O)OC(C)C(=O)NCCc2ccccc2)n1. The number of hydrogen-bond donors (Lipinski definition) is 1. The molecule has 0 fully saturated rings. The molecule has 2 aromatic rings. The first-order valence-electron chi connectivity index (χ1n) is 8.40. The van der Waals surface area contributed by atoms with Crippen LogP contribution in [-0.2, 0) is 20.7 Å². The molecule has 0 aliphatic rings. The molecule has 26 heavy (non-hydrogen) atoms. The Morgan fingerprint density at radius 3 is 2.46 bits per heavy atom. The molecule has 6 nitrogen and oxygen atoms in total. The minimum atomic E-state index is -0.834. The van der Waals surface area contributed by atoms with Gasteiger partial charge >= 0.3 is 5.97 Å². The molecule has 0 saturated heterocycles. The van der Waals surface area contributed by atoms with Crippen LogP contribution in [0.3, 0.4) is 0 Å². The Morgan fingerprint density at radius 1 is 1.15 bits per heavy atom. The van der Waals surface area contributed by atoms with Gasteiger partial charge in [-0.05, 0) is 38.8 Å². The van der Waals surface area contributed by atoms with E-state index >= 15 is 0 Å². The zero-order valence-corrected chi connectivity index (χ0v) is 16.0. The van der Waals surface area contributed by atoms with Crippen molar-refractivity contribution in [1.29, 1.82) is 0 Å². The second-order valence-corrected chi connectivity index (χ2v) is 6.82. The van der Waals surface area contributed by atoms with Crippen LogP contribution in [0.5, 0.6) is 0 Å². The third-order valence-corrected chi connectivity index (χ3v) is 4.33. The maximum absolute atomic E-state index is 12.0. The molecular formula is C19H23N3O3S. The standard InChI is InChI=1S/C19H23N3O3S/c1-13-11-14(2)22-19(21-13)26-12-17(23)25-15(3)18(24)20-10-9-16-7-5-4-6-8-16/h4-8,11,15H,9-10,12H2,1-3H3,(H,20,24). The maximum Gasteiger partial charge on any atom is 0.317 e. The highest BCUT2D eigenvalue weighted by Crippen LogP contribution is 2.14. The summed E-state index contributed by atoms with van der Waals surface area (Å²) in [6.07, 6.45) is -0.105. The highest BCUT2D eigenvalue weighted by molar-refractivity contribution is 7.99. The third-order valence-electron chi connectivity index (χ3n) is 3.51. The summed E-state index contributed by atoms with van der Waals surface area (Å²) in [5.41, 5.74) is 2.83. The summed E-state index contributed by atoms with van der Waals surface area (Å²) < 4.78 is 5.17. The number of aryl methyl sites for hydroxylation is 2. The maximum atomic E-state index is 12.0. The molecule has 0 saturated carbocycles. The van der Waals surface area contributed by atoms with Crippen LogP contribution in [0.15, 0.2) is 41.6 Å². The number of amides is 1. The van der Waals surface area contributed by atoms with E-state index in [2.05, 4.69) is 15.3 Å². The predicted octanol–water partition coefficient (Wildman–Crippen LogP) is 2.48. The molecule has 0 aliphatic carbocycles. The van der Waals surface area contributed by atoms with Crippen LogP contribution in [0.25, 0.3) is 0 Å². The lowest BCUT2D eigenvalue weighted by molar-refractivity contribution is -0.152. The van der Waals surface area contributed by atoms with Gasteiger partial charge in [0.2, 0.25) is 0 Å². The molecule has 7 heteroatoms. The Bertz CT molecular complexity index is 733. The van der Waals surface area contributed by atoms with Gasteiger partial charge in [-0.2, -0.15) is 0 Å². The normalized spacial score (nSPS) is 11.7. The quantitative estimate of drug-likeness (QED) is 0.435. The monoisotopic (exact) mass is 373 g/mol. The van der Waals surface area contributed by atoms with Gasteiger partial charge < -0.3 is 10.1 Å². The van der Waals surface area contributed by atoms with Crippen LogP contribution in [-0.4, -0.2) is 40.2 Å². The molecule has 1 aromatic heterocycles. The van der Waals surface area contributed by atoms with Gasteiger partial charge in [-0.15, -0.1) is 0 Å². The fourth-order valence-corrected chi connectivity index (χ4v) is 3.02. The number of esters is 1. The number of nitrogens with zero attached hydrogens (tertiary/aromatic N) is 2. The first kappa shape index (κ1) is 19.9. The van der Waals surface area contributed by atoms with E-state index in [0.717, 1.165) is 23.4 Å². The van der Waals surface area contributed by atoms with Gasteiger partial charge in [0.1, 0.15) is 0 Å². The lowest BCUT2D eigenvalue weighted by Gasteiger charge is -2.13. The summed E-state index contributed by atoms with van der Waals surface area (Å²) in [4.78, 5) is 32.4. The number of aromatic nitrogens is 2. The Kier molecular flexibility index (Phi) is 7.59. The van der Waals surface area contributed by atoms with Crippen molar-refractivity contribution in [2.24, 2.45) is 0 Å². The molecule has 1 unspecified atom stereocenters. The summed E-state index contributed by atoms with van der Waals surface area (Å²) in [5, 5.41) is 3.30. The van der Waals surface area contributed by atoms with Crippen molar-refractivity contribution >= 4 is 23.6 Å². The van der Waals surface area contributed by atoms with E-state index < -0.39 is 12.1 Å². The molecule has 1 amide bonds. The molecule has 0 spiro atoms. The average molecular weight is 373 g/mol. The third kappa shape index (κ3) is 6.84.